The molecule has 0 radical (unpaired) electrons. The third-order valence-corrected chi connectivity index (χ3v) is 1.89. The molecular formula is C8H6BFN2O3. The highest BCUT2D eigenvalue weighted by atomic mass is 19.1. The number of nitrogens with zero attached hydrogens (tertiary/aromatic N) is 2. The van der Waals surface area contributed by atoms with Crippen molar-refractivity contribution in [3.8, 4) is 11.4 Å². The van der Waals surface area contributed by atoms with Crippen LogP contribution in [-0.2, 0) is 0 Å². The SMILES string of the molecule is OB(O)c1cc(-c2ncon2)ccc1F. The van der Waals surface area contributed by atoms with Gasteiger partial charge >= 0.3 is 7.12 Å². The average molecular weight is 208 g/mol. The molecular weight excluding hydrogens is 202 g/mol. The Balaban J connectivity index is 2.48. The zero-order chi connectivity index (χ0) is 10.8. The summed E-state index contributed by atoms with van der Waals surface area (Å²) in [5.41, 5.74) is 0.227. The van der Waals surface area contributed by atoms with Gasteiger partial charge in [-0.3, -0.25) is 0 Å². The van der Waals surface area contributed by atoms with E-state index in [1.165, 1.54) is 12.1 Å². The molecule has 0 aliphatic heterocycles. The van der Waals surface area contributed by atoms with E-state index >= 15 is 0 Å². The minimum atomic E-state index is -1.86. The number of aromatic nitrogens is 2. The predicted molar refractivity (Wildman–Crippen MR) is 49.5 cm³/mol. The standard InChI is InChI=1S/C8H6BFN2O3/c10-7-2-1-5(3-6(7)9(13)14)8-11-4-15-12-8/h1-4,13-14H. The smallest absolute Gasteiger partial charge is 0.423 e. The molecule has 0 saturated heterocycles. The second-order valence-electron chi connectivity index (χ2n) is 2.86. The predicted octanol–water partition coefficient (Wildman–Crippen LogP) is -0.444. The molecule has 2 rings (SSSR count). The molecule has 1 aromatic carbocycles. The van der Waals surface area contributed by atoms with Crippen LogP contribution < -0.4 is 5.46 Å². The van der Waals surface area contributed by atoms with Crippen molar-refractivity contribution in [2.75, 3.05) is 0 Å². The van der Waals surface area contributed by atoms with E-state index in [2.05, 4.69) is 14.7 Å². The molecule has 5 nitrogen and oxygen atoms in total. The van der Waals surface area contributed by atoms with Gasteiger partial charge in [-0.25, -0.2) is 4.39 Å². The van der Waals surface area contributed by atoms with Gasteiger partial charge in [-0.2, -0.15) is 4.98 Å². The average Bonchev–Trinajstić information content (AvgIpc) is 2.71. The molecule has 0 atom stereocenters. The Bertz CT molecular complexity index is 461. The van der Waals surface area contributed by atoms with Crippen molar-refractivity contribution in [1.82, 2.24) is 10.1 Å². The Morgan fingerprint density at radius 2 is 2.13 bits per heavy atom. The van der Waals surface area contributed by atoms with Crippen LogP contribution in [0.25, 0.3) is 11.4 Å². The van der Waals surface area contributed by atoms with E-state index in [1.807, 2.05) is 0 Å². The maximum Gasteiger partial charge on any atom is 0.491 e. The van der Waals surface area contributed by atoms with Crippen LogP contribution in [-0.4, -0.2) is 27.3 Å². The Hall–Kier alpha value is -1.73. The van der Waals surface area contributed by atoms with Gasteiger partial charge in [-0.1, -0.05) is 5.16 Å². The van der Waals surface area contributed by atoms with Crippen LogP contribution in [0.2, 0.25) is 0 Å². The van der Waals surface area contributed by atoms with Gasteiger partial charge in [0.15, 0.2) is 0 Å². The zero-order valence-electron chi connectivity index (χ0n) is 7.46. The van der Waals surface area contributed by atoms with Crippen molar-refractivity contribution in [3.63, 3.8) is 0 Å². The Labute approximate surface area is 84.3 Å². The van der Waals surface area contributed by atoms with Crippen molar-refractivity contribution in [2.45, 2.75) is 0 Å². The van der Waals surface area contributed by atoms with Gasteiger partial charge in [0, 0.05) is 11.0 Å². The highest BCUT2D eigenvalue weighted by molar-refractivity contribution is 6.58. The topological polar surface area (TPSA) is 79.4 Å². The van der Waals surface area contributed by atoms with E-state index in [9.17, 15) is 4.39 Å². The minimum Gasteiger partial charge on any atom is -0.423 e. The zero-order valence-corrected chi connectivity index (χ0v) is 7.46. The number of hydrogen-bond donors (Lipinski definition) is 2. The molecule has 1 heterocycles. The van der Waals surface area contributed by atoms with Gasteiger partial charge < -0.3 is 14.6 Å². The van der Waals surface area contributed by atoms with Crippen LogP contribution >= 0.6 is 0 Å². The van der Waals surface area contributed by atoms with Crippen LogP contribution in [0.15, 0.2) is 29.1 Å². The van der Waals surface area contributed by atoms with Gasteiger partial charge in [-0.05, 0) is 18.2 Å². The maximum absolute atomic E-state index is 13.1. The third kappa shape index (κ3) is 1.88. The second-order valence-corrected chi connectivity index (χ2v) is 2.86. The van der Waals surface area contributed by atoms with E-state index in [0.717, 1.165) is 12.5 Å². The molecule has 7 heteroatoms. The normalized spacial score (nSPS) is 10.3. The van der Waals surface area contributed by atoms with Crippen LogP contribution in [0.4, 0.5) is 4.39 Å². The highest BCUT2D eigenvalue weighted by Gasteiger charge is 2.18. The lowest BCUT2D eigenvalue weighted by atomic mass is 9.79. The molecule has 0 fully saturated rings. The van der Waals surface area contributed by atoms with E-state index in [4.69, 9.17) is 10.0 Å². The maximum atomic E-state index is 13.1. The fourth-order valence-electron chi connectivity index (χ4n) is 1.18. The molecule has 0 aliphatic rings. The Morgan fingerprint density at radius 1 is 1.33 bits per heavy atom. The van der Waals surface area contributed by atoms with Crippen LogP contribution in [0.3, 0.4) is 0 Å². The lowest BCUT2D eigenvalue weighted by Gasteiger charge is -2.02. The van der Waals surface area contributed by atoms with E-state index in [1.54, 1.807) is 0 Å². The molecule has 15 heavy (non-hydrogen) atoms. The molecule has 2 aromatic rings. The molecule has 0 spiro atoms. The first-order chi connectivity index (χ1) is 7.18. The highest BCUT2D eigenvalue weighted by Crippen LogP contribution is 2.13. The van der Waals surface area contributed by atoms with Crippen molar-refractivity contribution >= 4 is 12.6 Å². The summed E-state index contributed by atoms with van der Waals surface area (Å²) in [5.74, 6) is -0.436. The first kappa shape index (κ1) is 9.82. The molecule has 0 bridgehead atoms. The summed E-state index contributed by atoms with van der Waals surface area (Å²) in [6.07, 6.45) is 1.13. The molecule has 2 N–H and O–H groups in total. The fraction of sp³-hybridized carbons (Fsp3) is 0. The monoisotopic (exact) mass is 208 g/mol. The van der Waals surface area contributed by atoms with Gasteiger partial charge in [-0.15, -0.1) is 0 Å². The number of benzene rings is 1. The largest absolute Gasteiger partial charge is 0.491 e. The summed E-state index contributed by atoms with van der Waals surface area (Å²) in [6, 6.07) is 3.79. The van der Waals surface area contributed by atoms with Gasteiger partial charge in [0.25, 0.3) is 0 Å². The van der Waals surface area contributed by atoms with Crippen molar-refractivity contribution in [1.29, 1.82) is 0 Å². The Morgan fingerprint density at radius 3 is 2.73 bits per heavy atom. The van der Waals surface area contributed by atoms with E-state index in [0.29, 0.717) is 5.56 Å². The summed E-state index contributed by atoms with van der Waals surface area (Å²) < 4.78 is 17.6. The first-order valence-corrected chi connectivity index (χ1v) is 4.11. The lowest BCUT2D eigenvalue weighted by molar-refractivity contribution is 0.418. The molecule has 1 aromatic heterocycles. The summed E-state index contributed by atoms with van der Waals surface area (Å²) in [7, 11) is -1.86. The Kier molecular flexibility index (Phi) is 2.48. The first-order valence-electron chi connectivity index (χ1n) is 4.11. The van der Waals surface area contributed by atoms with E-state index in [-0.39, 0.29) is 11.3 Å². The van der Waals surface area contributed by atoms with Crippen molar-refractivity contribution < 1.29 is 19.0 Å². The van der Waals surface area contributed by atoms with Crippen LogP contribution in [0.1, 0.15) is 0 Å². The summed E-state index contributed by atoms with van der Waals surface area (Å²) in [6.45, 7) is 0. The lowest BCUT2D eigenvalue weighted by Crippen LogP contribution is -2.32. The summed E-state index contributed by atoms with van der Waals surface area (Å²) in [5, 5.41) is 21.3. The number of halogens is 1. The second kappa shape index (κ2) is 3.80. The number of rotatable bonds is 2. The molecule has 76 valence electrons. The summed E-state index contributed by atoms with van der Waals surface area (Å²) >= 11 is 0. The molecule has 0 unspecified atom stereocenters. The van der Waals surface area contributed by atoms with Gasteiger partial charge in [0.2, 0.25) is 12.2 Å². The summed E-state index contributed by atoms with van der Waals surface area (Å²) in [4.78, 5) is 3.75. The fourth-order valence-corrected chi connectivity index (χ4v) is 1.18. The number of hydrogen-bond acceptors (Lipinski definition) is 5. The van der Waals surface area contributed by atoms with E-state index < -0.39 is 12.9 Å². The van der Waals surface area contributed by atoms with Gasteiger partial charge in [0.05, 0.1) is 0 Å². The minimum absolute atomic E-state index is 0.225. The van der Waals surface area contributed by atoms with Crippen molar-refractivity contribution in [3.05, 3.63) is 30.4 Å². The van der Waals surface area contributed by atoms with Crippen LogP contribution in [0, 0.1) is 5.82 Å². The quantitative estimate of drug-likeness (QED) is 0.653. The molecule has 0 saturated carbocycles. The van der Waals surface area contributed by atoms with Gasteiger partial charge in [0.1, 0.15) is 5.82 Å². The third-order valence-electron chi connectivity index (χ3n) is 1.89. The molecule has 0 aliphatic carbocycles. The molecule has 0 amide bonds. The van der Waals surface area contributed by atoms with Crippen LogP contribution in [0.5, 0.6) is 0 Å². The van der Waals surface area contributed by atoms with Crippen molar-refractivity contribution in [2.24, 2.45) is 0 Å².